The second kappa shape index (κ2) is 6.73. The summed E-state index contributed by atoms with van der Waals surface area (Å²) in [5, 5.41) is 11.5. The molecule has 5 rings (SSSR count). The lowest BCUT2D eigenvalue weighted by Crippen LogP contribution is -2.11. The first-order chi connectivity index (χ1) is 13.7. The van der Waals surface area contributed by atoms with Gasteiger partial charge >= 0.3 is 0 Å². The fourth-order valence-corrected chi connectivity index (χ4v) is 3.24. The van der Waals surface area contributed by atoms with Crippen molar-refractivity contribution in [3.63, 3.8) is 0 Å². The summed E-state index contributed by atoms with van der Waals surface area (Å²) in [4.78, 5) is 21.4. The van der Waals surface area contributed by atoms with E-state index in [1.54, 1.807) is 24.3 Å². The van der Waals surface area contributed by atoms with E-state index in [1.165, 1.54) is 12.8 Å². The minimum absolute atomic E-state index is 0.182. The van der Waals surface area contributed by atoms with Gasteiger partial charge in [0.15, 0.2) is 5.82 Å². The summed E-state index contributed by atoms with van der Waals surface area (Å²) in [6, 6.07) is 16.4. The van der Waals surface area contributed by atoms with Crippen molar-refractivity contribution in [3.8, 4) is 11.4 Å². The zero-order chi connectivity index (χ0) is 19.1. The van der Waals surface area contributed by atoms with Gasteiger partial charge in [-0.2, -0.15) is 5.10 Å². The quantitative estimate of drug-likeness (QED) is 0.491. The van der Waals surface area contributed by atoms with Crippen molar-refractivity contribution in [3.05, 3.63) is 71.1 Å². The zero-order valence-corrected chi connectivity index (χ0v) is 15.6. The summed E-state index contributed by atoms with van der Waals surface area (Å²) in [6.45, 7) is 0. The lowest BCUT2D eigenvalue weighted by Gasteiger charge is -2.07. The van der Waals surface area contributed by atoms with E-state index in [4.69, 9.17) is 11.6 Å². The molecule has 1 fully saturated rings. The summed E-state index contributed by atoms with van der Waals surface area (Å²) in [5.41, 5.74) is 2.94. The summed E-state index contributed by atoms with van der Waals surface area (Å²) >= 11 is 5.90. The van der Waals surface area contributed by atoms with E-state index < -0.39 is 0 Å². The van der Waals surface area contributed by atoms with E-state index in [9.17, 15) is 4.79 Å². The number of halogens is 1. The molecule has 2 N–H and O–H groups in total. The van der Waals surface area contributed by atoms with Crippen LogP contribution in [0.3, 0.4) is 0 Å². The van der Waals surface area contributed by atoms with Crippen molar-refractivity contribution in [1.82, 2.24) is 20.2 Å². The molecule has 0 saturated heterocycles. The van der Waals surface area contributed by atoms with Crippen molar-refractivity contribution in [1.29, 1.82) is 0 Å². The minimum Gasteiger partial charge on any atom is -0.322 e. The number of benzene rings is 2. The minimum atomic E-state index is -0.182. The predicted molar refractivity (Wildman–Crippen MR) is 108 cm³/mol. The number of amides is 1. The van der Waals surface area contributed by atoms with Gasteiger partial charge in [-0.15, -0.1) is 0 Å². The standard InChI is InChI=1S/C21H16ClN5O/c22-18-10-6-14-11-15(5-9-17(14)24-18)21(28)23-16-7-3-13(4-8-16)20-25-19(26-27-20)12-1-2-12/h3-12H,1-2H2,(H,23,28)(H,25,26,27). The second-order valence-electron chi connectivity index (χ2n) is 6.89. The van der Waals surface area contributed by atoms with Gasteiger partial charge in [0, 0.05) is 28.1 Å². The molecule has 0 bridgehead atoms. The molecule has 0 unspecified atom stereocenters. The Balaban J connectivity index is 1.32. The number of pyridine rings is 1. The van der Waals surface area contributed by atoms with Gasteiger partial charge in [0.2, 0.25) is 0 Å². The Morgan fingerprint density at radius 2 is 1.86 bits per heavy atom. The van der Waals surface area contributed by atoms with Gasteiger partial charge in [-0.25, -0.2) is 9.97 Å². The molecule has 4 aromatic rings. The molecule has 2 aromatic carbocycles. The molecule has 1 saturated carbocycles. The SMILES string of the molecule is O=C(Nc1ccc(-c2n[nH]c(C3CC3)n2)cc1)c1ccc2nc(Cl)ccc2c1. The van der Waals surface area contributed by atoms with Crippen LogP contribution in [0.1, 0.15) is 34.9 Å². The molecule has 138 valence electrons. The first-order valence-electron chi connectivity index (χ1n) is 9.06. The normalized spacial score (nSPS) is 13.6. The first kappa shape index (κ1) is 16.9. The van der Waals surface area contributed by atoms with Gasteiger partial charge in [0.1, 0.15) is 11.0 Å². The van der Waals surface area contributed by atoms with Gasteiger partial charge in [-0.05, 0) is 67.4 Å². The van der Waals surface area contributed by atoms with Crippen molar-refractivity contribution in [2.24, 2.45) is 0 Å². The van der Waals surface area contributed by atoms with Crippen LogP contribution in [0.15, 0.2) is 54.6 Å². The van der Waals surface area contributed by atoms with Crippen LogP contribution in [0.4, 0.5) is 5.69 Å². The number of hydrogen-bond donors (Lipinski definition) is 2. The number of carbonyl (C=O) groups excluding carboxylic acids is 1. The average Bonchev–Trinajstić information content (AvgIpc) is 3.45. The Morgan fingerprint density at radius 1 is 1.04 bits per heavy atom. The van der Waals surface area contributed by atoms with Crippen LogP contribution in [-0.2, 0) is 0 Å². The number of carbonyl (C=O) groups is 1. The maximum atomic E-state index is 12.6. The summed E-state index contributed by atoms with van der Waals surface area (Å²) < 4.78 is 0. The highest BCUT2D eigenvalue weighted by molar-refractivity contribution is 6.29. The molecule has 6 nitrogen and oxygen atoms in total. The van der Waals surface area contributed by atoms with Gasteiger partial charge in [0.25, 0.3) is 5.91 Å². The third-order valence-corrected chi connectivity index (χ3v) is 5.00. The lowest BCUT2D eigenvalue weighted by atomic mass is 10.1. The van der Waals surface area contributed by atoms with E-state index in [2.05, 4.69) is 25.5 Å². The average molecular weight is 390 g/mol. The molecule has 2 aromatic heterocycles. The Bertz CT molecular complexity index is 1180. The smallest absolute Gasteiger partial charge is 0.255 e. The Hall–Kier alpha value is -3.25. The molecular weight excluding hydrogens is 374 g/mol. The van der Waals surface area contributed by atoms with E-state index in [-0.39, 0.29) is 5.91 Å². The molecular formula is C21H16ClN5O. The van der Waals surface area contributed by atoms with Crippen LogP contribution in [0, 0.1) is 0 Å². The number of rotatable bonds is 4. The fourth-order valence-electron chi connectivity index (χ4n) is 3.09. The molecule has 0 radical (unpaired) electrons. The third kappa shape index (κ3) is 3.34. The van der Waals surface area contributed by atoms with Crippen LogP contribution in [0.5, 0.6) is 0 Å². The van der Waals surface area contributed by atoms with Crippen LogP contribution in [-0.4, -0.2) is 26.1 Å². The maximum Gasteiger partial charge on any atom is 0.255 e. The Kier molecular flexibility index (Phi) is 4.06. The maximum absolute atomic E-state index is 12.6. The molecule has 1 aliphatic rings. The van der Waals surface area contributed by atoms with Crippen LogP contribution in [0.25, 0.3) is 22.3 Å². The largest absolute Gasteiger partial charge is 0.322 e. The first-order valence-corrected chi connectivity index (χ1v) is 9.44. The van der Waals surface area contributed by atoms with Crippen molar-refractivity contribution in [2.75, 3.05) is 5.32 Å². The van der Waals surface area contributed by atoms with Crippen molar-refractivity contribution in [2.45, 2.75) is 18.8 Å². The number of nitrogens with zero attached hydrogens (tertiary/aromatic N) is 3. The second-order valence-corrected chi connectivity index (χ2v) is 7.28. The van der Waals surface area contributed by atoms with E-state index in [0.717, 1.165) is 22.3 Å². The lowest BCUT2D eigenvalue weighted by molar-refractivity contribution is 0.102. The van der Waals surface area contributed by atoms with Crippen LogP contribution in [0.2, 0.25) is 5.15 Å². The number of nitrogens with one attached hydrogen (secondary N) is 2. The van der Waals surface area contributed by atoms with E-state index in [1.807, 2.05) is 30.3 Å². The van der Waals surface area contributed by atoms with Gasteiger partial charge in [0.05, 0.1) is 5.52 Å². The summed E-state index contributed by atoms with van der Waals surface area (Å²) in [7, 11) is 0. The topological polar surface area (TPSA) is 83.6 Å². The number of fused-ring (bicyclic) bond motifs is 1. The summed E-state index contributed by atoms with van der Waals surface area (Å²) in [6.07, 6.45) is 2.36. The van der Waals surface area contributed by atoms with E-state index >= 15 is 0 Å². The molecule has 7 heteroatoms. The predicted octanol–water partition coefficient (Wildman–Crippen LogP) is 4.80. The number of anilines is 1. The van der Waals surface area contributed by atoms with Crippen molar-refractivity contribution >= 4 is 34.1 Å². The Labute approximate surface area is 166 Å². The van der Waals surface area contributed by atoms with Crippen molar-refractivity contribution < 1.29 is 4.79 Å². The highest BCUT2D eigenvalue weighted by Crippen LogP contribution is 2.38. The third-order valence-electron chi connectivity index (χ3n) is 4.79. The monoisotopic (exact) mass is 389 g/mol. The highest BCUT2D eigenvalue weighted by Gasteiger charge is 2.27. The van der Waals surface area contributed by atoms with Gasteiger partial charge in [-0.3, -0.25) is 9.89 Å². The Morgan fingerprint density at radius 3 is 2.64 bits per heavy atom. The zero-order valence-electron chi connectivity index (χ0n) is 14.8. The highest BCUT2D eigenvalue weighted by atomic mass is 35.5. The molecule has 1 amide bonds. The van der Waals surface area contributed by atoms with Gasteiger partial charge in [-0.1, -0.05) is 11.6 Å². The van der Waals surface area contributed by atoms with Crippen LogP contribution < -0.4 is 5.32 Å². The molecule has 2 heterocycles. The fraction of sp³-hybridized carbons (Fsp3) is 0.143. The number of H-pyrrole nitrogens is 1. The van der Waals surface area contributed by atoms with Gasteiger partial charge < -0.3 is 5.32 Å². The van der Waals surface area contributed by atoms with Crippen LogP contribution >= 0.6 is 11.6 Å². The number of hydrogen-bond acceptors (Lipinski definition) is 4. The van der Waals surface area contributed by atoms with E-state index in [0.29, 0.717) is 28.1 Å². The molecule has 0 atom stereocenters. The number of aromatic nitrogens is 4. The number of aromatic amines is 1. The molecule has 0 spiro atoms. The molecule has 28 heavy (non-hydrogen) atoms. The summed E-state index contributed by atoms with van der Waals surface area (Å²) in [5.74, 6) is 1.99. The molecule has 0 aliphatic heterocycles. The molecule has 1 aliphatic carbocycles.